The monoisotopic (exact) mass is 416 g/mol. The summed E-state index contributed by atoms with van der Waals surface area (Å²) in [5.41, 5.74) is 4.27. The molecule has 2 N–H and O–H groups in total. The van der Waals surface area contributed by atoms with Crippen molar-refractivity contribution in [2.24, 2.45) is 5.10 Å². The first-order valence-corrected chi connectivity index (χ1v) is 8.97. The summed E-state index contributed by atoms with van der Waals surface area (Å²) in [5.74, 6) is -0.974. The number of aromatic hydroxyl groups is 1. The normalized spacial score (nSPS) is 17.0. The van der Waals surface area contributed by atoms with Crippen molar-refractivity contribution < 1.29 is 19.6 Å². The number of carbonyl (C=O) groups is 2. The van der Waals surface area contributed by atoms with Gasteiger partial charge in [0.05, 0.1) is 22.7 Å². The highest BCUT2D eigenvalue weighted by atomic mass is 35.5. The Bertz CT molecular complexity index is 1040. The number of phenols is 1. The first-order chi connectivity index (χ1) is 13.7. The number of nitro benzene ring substituents is 1. The summed E-state index contributed by atoms with van der Waals surface area (Å²) in [6.45, 7) is 3.38. The molecule has 0 bridgehead atoms. The molecule has 0 saturated carbocycles. The number of hydrazone groups is 1. The van der Waals surface area contributed by atoms with Gasteiger partial charge in [0.15, 0.2) is 0 Å². The Morgan fingerprint density at radius 1 is 1.31 bits per heavy atom. The second-order valence-corrected chi connectivity index (χ2v) is 6.95. The third-order valence-electron chi connectivity index (χ3n) is 4.52. The molecule has 0 radical (unpaired) electrons. The van der Waals surface area contributed by atoms with Gasteiger partial charge in [-0.15, -0.1) is 0 Å². The Hall–Kier alpha value is -3.46. The standard InChI is InChI=1S/C19H17ClN4O5/c1-10-7-17(25)14(8-15(10)20)11(2)21-22-16-9-18(26)23(19(16)27)12-3-5-13(6-4-12)24(28)29/h3-8,16,22,25H,9H2,1-2H3/b21-11+. The molecule has 0 aliphatic carbocycles. The summed E-state index contributed by atoms with van der Waals surface area (Å²) < 4.78 is 0. The number of carbonyl (C=O) groups excluding carboxylic acids is 2. The molecule has 1 heterocycles. The van der Waals surface area contributed by atoms with Crippen LogP contribution in [0.25, 0.3) is 0 Å². The van der Waals surface area contributed by atoms with E-state index in [2.05, 4.69) is 10.5 Å². The van der Waals surface area contributed by atoms with E-state index in [0.717, 1.165) is 4.90 Å². The van der Waals surface area contributed by atoms with Crippen LogP contribution in [-0.2, 0) is 9.59 Å². The lowest BCUT2D eigenvalue weighted by atomic mass is 10.1. The molecule has 1 aliphatic heterocycles. The van der Waals surface area contributed by atoms with Crippen molar-refractivity contribution in [3.05, 3.63) is 62.7 Å². The lowest BCUT2D eigenvalue weighted by Gasteiger charge is -2.15. The molecular formula is C19H17ClN4O5. The molecule has 2 aromatic rings. The Morgan fingerprint density at radius 3 is 2.59 bits per heavy atom. The number of anilines is 1. The highest BCUT2D eigenvalue weighted by Gasteiger charge is 2.39. The van der Waals surface area contributed by atoms with Gasteiger partial charge in [-0.05, 0) is 43.7 Å². The van der Waals surface area contributed by atoms with E-state index in [1.807, 2.05) is 0 Å². The number of phenolic OH excluding ortho intramolecular Hbond substituents is 1. The van der Waals surface area contributed by atoms with E-state index in [4.69, 9.17) is 11.6 Å². The van der Waals surface area contributed by atoms with E-state index in [-0.39, 0.29) is 23.5 Å². The molecule has 29 heavy (non-hydrogen) atoms. The van der Waals surface area contributed by atoms with Gasteiger partial charge >= 0.3 is 0 Å². The molecule has 1 atom stereocenters. The molecular weight excluding hydrogens is 400 g/mol. The highest BCUT2D eigenvalue weighted by molar-refractivity contribution is 6.32. The summed E-state index contributed by atoms with van der Waals surface area (Å²) in [5, 5.41) is 25.4. The van der Waals surface area contributed by atoms with Crippen LogP contribution in [0.1, 0.15) is 24.5 Å². The summed E-state index contributed by atoms with van der Waals surface area (Å²) in [6.07, 6.45) is -0.118. The second kappa shape index (κ2) is 7.88. The van der Waals surface area contributed by atoms with E-state index in [1.165, 1.54) is 30.3 Å². The number of amides is 2. The molecule has 1 saturated heterocycles. The molecule has 2 aromatic carbocycles. The van der Waals surface area contributed by atoms with Gasteiger partial charge in [0, 0.05) is 22.7 Å². The lowest BCUT2D eigenvalue weighted by Crippen LogP contribution is -2.37. The third kappa shape index (κ3) is 4.04. The van der Waals surface area contributed by atoms with Crippen LogP contribution in [0.4, 0.5) is 11.4 Å². The number of non-ortho nitro benzene ring substituents is 1. The number of nitrogens with one attached hydrogen (secondary N) is 1. The van der Waals surface area contributed by atoms with E-state index < -0.39 is 22.8 Å². The number of rotatable bonds is 5. The second-order valence-electron chi connectivity index (χ2n) is 6.54. The predicted molar refractivity (Wildman–Crippen MR) is 107 cm³/mol. The van der Waals surface area contributed by atoms with Crippen molar-refractivity contribution in [3.8, 4) is 5.75 Å². The number of aryl methyl sites for hydroxylation is 1. The number of hydrogen-bond donors (Lipinski definition) is 2. The fourth-order valence-electron chi connectivity index (χ4n) is 2.92. The zero-order valence-corrected chi connectivity index (χ0v) is 16.3. The van der Waals surface area contributed by atoms with Gasteiger partial charge in [-0.3, -0.25) is 25.1 Å². The number of hydrogen-bond acceptors (Lipinski definition) is 7. The lowest BCUT2D eigenvalue weighted by molar-refractivity contribution is -0.384. The van der Waals surface area contributed by atoms with Crippen LogP contribution in [0.15, 0.2) is 41.5 Å². The van der Waals surface area contributed by atoms with Crippen LogP contribution in [0.2, 0.25) is 5.02 Å². The van der Waals surface area contributed by atoms with Crippen molar-refractivity contribution in [1.82, 2.24) is 5.43 Å². The molecule has 1 unspecified atom stereocenters. The van der Waals surface area contributed by atoms with Gasteiger partial charge in [0.2, 0.25) is 5.91 Å². The van der Waals surface area contributed by atoms with Gasteiger partial charge in [0.1, 0.15) is 11.8 Å². The zero-order chi connectivity index (χ0) is 21.3. The summed E-state index contributed by atoms with van der Waals surface area (Å²) in [4.78, 5) is 36.1. The summed E-state index contributed by atoms with van der Waals surface area (Å²) >= 11 is 6.08. The van der Waals surface area contributed by atoms with E-state index in [9.17, 15) is 24.8 Å². The molecule has 1 fully saturated rings. The van der Waals surface area contributed by atoms with E-state index in [0.29, 0.717) is 21.9 Å². The zero-order valence-electron chi connectivity index (χ0n) is 15.5. The van der Waals surface area contributed by atoms with Crippen LogP contribution in [-0.4, -0.2) is 33.6 Å². The molecule has 2 amide bonds. The molecule has 0 aromatic heterocycles. The maximum absolute atomic E-state index is 12.6. The first-order valence-electron chi connectivity index (χ1n) is 8.59. The van der Waals surface area contributed by atoms with E-state index >= 15 is 0 Å². The Balaban J connectivity index is 1.77. The molecule has 150 valence electrons. The van der Waals surface area contributed by atoms with Gasteiger partial charge in [0.25, 0.3) is 11.6 Å². The fourth-order valence-corrected chi connectivity index (χ4v) is 3.08. The average molecular weight is 417 g/mol. The van der Waals surface area contributed by atoms with Gasteiger partial charge in [-0.1, -0.05) is 11.6 Å². The number of benzene rings is 2. The minimum Gasteiger partial charge on any atom is -0.507 e. The van der Waals surface area contributed by atoms with Crippen molar-refractivity contribution in [1.29, 1.82) is 0 Å². The average Bonchev–Trinajstić information content (AvgIpc) is 2.96. The predicted octanol–water partition coefficient (Wildman–Crippen LogP) is 2.91. The Labute approximate surface area is 170 Å². The highest BCUT2D eigenvalue weighted by Crippen LogP contribution is 2.27. The largest absolute Gasteiger partial charge is 0.507 e. The topological polar surface area (TPSA) is 125 Å². The maximum atomic E-state index is 12.6. The minimum absolute atomic E-state index is 0.00344. The quantitative estimate of drug-likeness (QED) is 0.334. The Kier molecular flexibility index (Phi) is 5.51. The number of halogens is 1. The SMILES string of the molecule is C/C(=N\NC1CC(=O)N(c2ccc([N+](=O)[O-])cc2)C1=O)c1cc(Cl)c(C)cc1O. The van der Waals surface area contributed by atoms with E-state index in [1.54, 1.807) is 19.9 Å². The molecule has 10 heteroatoms. The van der Waals surface area contributed by atoms with Crippen LogP contribution in [0, 0.1) is 17.0 Å². The summed E-state index contributed by atoms with van der Waals surface area (Å²) in [7, 11) is 0. The van der Waals surface area contributed by atoms with Crippen LogP contribution >= 0.6 is 11.6 Å². The molecule has 0 spiro atoms. The molecule has 9 nitrogen and oxygen atoms in total. The van der Waals surface area contributed by atoms with Crippen LogP contribution in [0.3, 0.4) is 0 Å². The number of imide groups is 1. The molecule has 1 aliphatic rings. The van der Waals surface area contributed by atoms with Crippen LogP contribution < -0.4 is 10.3 Å². The van der Waals surface area contributed by atoms with Gasteiger partial charge in [-0.25, -0.2) is 4.90 Å². The summed E-state index contributed by atoms with van der Waals surface area (Å²) in [6, 6.07) is 7.32. The Morgan fingerprint density at radius 2 is 1.97 bits per heavy atom. The minimum atomic E-state index is -0.893. The van der Waals surface area contributed by atoms with Crippen molar-refractivity contribution in [2.45, 2.75) is 26.3 Å². The first kappa shape index (κ1) is 20.3. The van der Waals surface area contributed by atoms with Gasteiger partial charge in [-0.2, -0.15) is 5.10 Å². The van der Waals surface area contributed by atoms with Crippen LogP contribution in [0.5, 0.6) is 5.75 Å². The van der Waals surface area contributed by atoms with Crippen molar-refractivity contribution in [3.63, 3.8) is 0 Å². The van der Waals surface area contributed by atoms with Crippen molar-refractivity contribution >= 4 is 40.5 Å². The molecule has 3 rings (SSSR count). The number of nitrogens with zero attached hydrogens (tertiary/aromatic N) is 3. The van der Waals surface area contributed by atoms with Crippen molar-refractivity contribution in [2.75, 3.05) is 4.90 Å². The smallest absolute Gasteiger partial charge is 0.269 e. The fraction of sp³-hybridized carbons (Fsp3) is 0.211. The third-order valence-corrected chi connectivity index (χ3v) is 4.93. The van der Waals surface area contributed by atoms with Gasteiger partial charge < -0.3 is 5.11 Å². The number of nitro groups is 1. The maximum Gasteiger partial charge on any atom is 0.269 e.